The van der Waals surface area contributed by atoms with Gasteiger partial charge in [-0.15, -0.1) is 0 Å². The number of rotatable bonds is 3. The molecule has 0 aliphatic carbocycles. The largest absolute Gasteiger partial charge is 0.444 e. The number of nitrogens with one attached hydrogen (secondary N) is 2. The number of hydrogen-bond donors (Lipinski definition) is 2. The fourth-order valence-corrected chi connectivity index (χ4v) is 2.96. The molecule has 0 bridgehead atoms. The highest BCUT2D eigenvalue weighted by molar-refractivity contribution is 5.68. The summed E-state index contributed by atoms with van der Waals surface area (Å²) in [5, 5.41) is 3.06. The molecule has 1 saturated heterocycles. The maximum atomic E-state index is 13.3. The number of amides is 1. The van der Waals surface area contributed by atoms with Gasteiger partial charge in [-0.25, -0.2) is 19.7 Å². The lowest BCUT2D eigenvalue weighted by Gasteiger charge is -2.33. The second-order valence-electron chi connectivity index (χ2n) is 7.79. The number of carbonyl (C=O) groups excluding carboxylic acids is 1. The van der Waals surface area contributed by atoms with Crippen molar-refractivity contribution >= 4 is 12.0 Å². The minimum Gasteiger partial charge on any atom is -0.444 e. The number of carbonyl (C=O) groups is 1. The number of ether oxygens (including phenoxy) is 1. The van der Waals surface area contributed by atoms with E-state index in [9.17, 15) is 18.0 Å². The SMILES string of the molecule is CC(C)(C)OC(=O)N1CCC(Nc2ncc(C(F)(F)F)c(-c3c[nH]cn3)n2)CC1. The Hall–Kier alpha value is -2.85. The summed E-state index contributed by atoms with van der Waals surface area (Å²) in [6.07, 6.45) is -0.371. The van der Waals surface area contributed by atoms with Crippen LogP contribution in [0, 0.1) is 0 Å². The molecule has 3 rings (SSSR count). The normalized spacial score (nSPS) is 16.0. The Morgan fingerprint density at radius 3 is 2.48 bits per heavy atom. The van der Waals surface area contributed by atoms with Crippen molar-refractivity contribution in [3.05, 3.63) is 24.3 Å². The number of H-pyrrole nitrogens is 1. The van der Waals surface area contributed by atoms with Crippen LogP contribution < -0.4 is 5.32 Å². The topological polar surface area (TPSA) is 96.0 Å². The van der Waals surface area contributed by atoms with Crippen LogP contribution in [0.15, 0.2) is 18.7 Å². The molecule has 8 nitrogen and oxygen atoms in total. The molecule has 1 fully saturated rings. The highest BCUT2D eigenvalue weighted by atomic mass is 19.4. The molecule has 2 aromatic heterocycles. The van der Waals surface area contributed by atoms with E-state index in [0.29, 0.717) is 25.9 Å². The van der Waals surface area contributed by atoms with Crippen LogP contribution in [0.5, 0.6) is 0 Å². The number of aromatic nitrogens is 4. The van der Waals surface area contributed by atoms with Gasteiger partial charge >= 0.3 is 12.3 Å². The molecule has 2 aromatic rings. The molecular formula is C18H23F3N6O2. The average Bonchev–Trinajstić information content (AvgIpc) is 3.14. The molecule has 0 unspecified atom stereocenters. The molecular weight excluding hydrogens is 389 g/mol. The maximum absolute atomic E-state index is 13.3. The van der Waals surface area contributed by atoms with Gasteiger partial charge in [-0.1, -0.05) is 0 Å². The lowest BCUT2D eigenvalue weighted by Crippen LogP contribution is -2.44. The standard InChI is InChI=1S/C18H23F3N6O2/c1-17(2,3)29-16(28)27-6-4-11(5-7-27)25-15-23-8-12(18(19,20)21)14(26-15)13-9-22-10-24-13/h8-11H,4-7H2,1-3H3,(H,22,24)(H,23,25,26). The van der Waals surface area contributed by atoms with Gasteiger partial charge in [0.2, 0.25) is 5.95 Å². The number of likely N-dealkylation sites (tertiary alicyclic amines) is 1. The van der Waals surface area contributed by atoms with E-state index in [1.165, 1.54) is 12.5 Å². The first-order chi connectivity index (χ1) is 13.5. The number of hydrogen-bond acceptors (Lipinski definition) is 6. The van der Waals surface area contributed by atoms with E-state index >= 15 is 0 Å². The molecule has 11 heteroatoms. The Balaban J connectivity index is 1.67. The molecule has 1 aliphatic rings. The van der Waals surface area contributed by atoms with E-state index in [4.69, 9.17) is 4.74 Å². The summed E-state index contributed by atoms with van der Waals surface area (Å²) >= 11 is 0. The van der Waals surface area contributed by atoms with E-state index < -0.39 is 17.3 Å². The second-order valence-corrected chi connectivity index (χ2v) is 7.79. The zero-order valence-corrected chi connectivity index (χ0v) is 16.4. The summed E-state index contributed by atoms with van der Waals surface area (Å²) in [5.41, 5.74) is -1.72. The molecule has 3 heterocycles. The Morgan fingerprint density at radius 2 is 1.93 bits per heavy atom. The summed E-state index contributed by atoms with van der Waals surface area (Å²) < 4.78 is 45.2. The summed E-state index contributed by atoms with van der Waals surface area (Å²) in [6, 6.07) is -0.0718. The number of imidazole rings is 1. The number of alkyl halides is 3. The van der Waals surface area contributed by atoms with Crippen molar-refractivity contribution in [3.63, 3.8) is 0 Å². The first-order valence-corrected chi connectivity index (χ1v) is 9.21. The molecule has 1 aliphatic heterocycles. The van der Waals surface area contributed by atoms with Gasteiger partial charge in [0.15, 0.2) is 0 Å². The fourth-order valence-electron chi connectivity index (χ4n) is 2.96. The monoisotopic (exact) mass is 412 g/mol. The van der Waals surface area contributed by atoms with Gasteiger partial charge < -0.3 is 19.9 Å². The number of halogens is 3. The molecule has 0 spiro atoms. The van der Waals surface area contributed by atoms with E-state index in [2.05, 4.69) is 25.3 Å². The van der Waals surface area contributed by atoms with Crippen LogP contribution in [0.2, 0.25) is 0 Å². The van der Waals surface area contributed by atoms with Crippen LogP contribution >= 0.6 is 0 Å². The smallest absolute Gasteiger partial charge is 0.420 e. The number of anilines is 1. The first kappa shape index (κ1) is 20.9. The van der Waals surface area contributed by atoms with Gasteiger partial charge in [-0.3, -0.25) is 0 Å². The van der Waals surface area contributed by atoms with Gasteiger partial charge in [0.25, 0.3) is 0 Å². The highest BCUT2D eigenvalue weighted by Gasteiger charge is 2.36. The van der Waals surface area contributed by atoms with Crippen LogP contribution in [0.25, 0.3) is 11.4 Å². The van der Waals surface area contributed by atoms with Crippen molar-refractivity contribution in [2.24, 2.45) is 0 Å². The van der Waals surface area contributed by atoms with Gasteiger partial charge in [0, 0.05) is 31.5 Å². The van der Waals surface area contributed by atoms with E-state index in [1.54, 1.807) is 25.7 Å². The fraction of sp³-hybridized carbons (Fsp3) is 0.556. The summed E-state index contributed by atoms with van der Waals surface area (Å²) in [4.78, 5) is 28.1. The molecule has 0 saturated carbocycles. The molecule has 2 N–H and O–H groups in total. The van der Waals surface area contributed by atoms with Crippen LogP contribution in [0.4, 0.5) is 23.9 Å². The molecule has 29 heavy (non-hydrogen) atoms. The van der Waals surface area contributed by atoms with Crippen LogP contribution in [0.3, 0.4) is 0 Å². The number of nitrogens with zero attached hydrogens (tertiary/aromatic N) is 4. The van der Waals surface area contributed by atoms with Gasteiger partial charge in [-0.05, 0) is 33.6 Å². The van der Waals surface area contributed by atoms with Crippen molar-refractivity contribution in [2.75, 3.05) is 18.4 Å². The quantitative estimate of drug-likeness (QED) is 0.798. The molecule has 0 atom stereocenters. The first-order valence-electron chi connectivity index (χ1n) is 9.21. The third-order valence-electron chi connectivity index (χ3n) is 4.31. The predicted octanol–water partition coefficient (Wildman–Crippen LogP) is 3.70. The van der Waals surface area contributed by atoms with E-state index in [1.807, 2.05) is 0 Å². The maximum Gasteiger partial charge on any atom is 0.420 e. The van der Waals surface area contributed by atoms with Crippen molar-refractivity contribution in [1.82, 2.24) is 24.8 Å². The molecule has 0 aromatic carbocycles. The van der Waals surface area contributed by atoms with E-state index in [-0.39, 0.29) is 29.5 Å². The number of piperidine rings is 1. The van der Waals surface area contributed by atoms with Crippen LogP contribution in [0.1, 0.15) is 39.2 Å². The van der Waals surface area contributed by atoms with Gasteiger partial charge in [-0.2, -0.15) is 13.2 Å². The van der Waals surface area contributed by atoms with Crippen molar-refractivity contribution in [3.8, 4) is 11.4 Å². The Labute approximate surface area is 165 Å². The Bertz CT molecular complexity index is 840. The minimum atomic E-state index is -4.59. The third kappa shape index (κ3) is 5.36. The third-order valence-corrected chi connectivity index (χ3v) is 4.31. The summed E-state index contributed by atoms with van der Waals surface area (Å²) in [6.45, 7) is 6.35. The van der Waals surface area contributed by atoms with Gasteiger partial charge in [0.05, 0.1) is 6.33 Å². The lowest BCUT2D eigenvalue weighted by atomic mass is 10.1. The van der Waals surface area contributed by atoms with Crippen molar-refractivity contribution < 1.29 is 22.7 Å². The zero-order valence-electron chi connectivity index (χ0n) is 16.4. The molecule has 1 amide bonds. The molecule has 0 radical (unpaired) electrons. The van der Waals surface area contributed by atoms with Crippen molar-refractivity contribution in [1.29, 1.82) is 0 Å². The summed E-state index contributed by atoms with van der Waals surface area (Å²) in [7, 11) is 0. The Kier molecular flexibility index (Phi) is 5.67. The van der Waals surface area contributed by atoms with Crippen molar-refractivity contribution in [2.45, 2.75) is 51.4 Å². The highest BCUT2D eigenvalue weighted by Crippen LogP contribution is 2.35. The molecule has 158 valence electrons. The lowest BCUT2D eigenvalue weighted by molar-refractivity contribution is -0.137. The number of aromatic amines is 1. The Morgan fingerprint density at radius 1 is 1.24 bits per heavy atom. The zero-order chi connectivity index (χ0) is 21.2. The average molecular weight is 412 g/mol. The van der Waals surface area contributed by atoms with Crippen LogP contribution in [-0.4, -0.2) is 55.7 Å². The second kappa shape index (κ2) is 7.88. The minimum absolute atomic E-state index is 0.0718. The van der Waals surface area contributed by atoms with Gasteiger partial charge in [0.1, 0.15) is 22.6 Å². The van der Waals surface area contributed by atoms with Crippen LogP contribution in [-0.2, 0) is 10.9 Å². The summed E-state index contributed by atoms with van der Waals surface area (Å²) in [5.74, 6) is 0.0896. The van der Waals surface area contributed by atoms with E-state index in [0.717, 1.165) is 6.20 Å². The predicted molar refractivity (Wildman–Crippen MR) is 99.1 cm³/mol.